The Bertz CT molecular complexity index is 3520. The van der Waals surface area contributed by atoms with E-state index in [1.807, 2.05) is 36.4 Å². The third-order valence-corrected chi connectivity index (χ3v) is 13.2. The summed E-state index contributed by atoms with van der Waals surface area (Å²) in [6.45, 7) is 0. The first kappa shape index (κ1) is 36.3. The number of aromatic nitrogens is 3. The maximum atomic E-state index is 6.82. The Kier molecular flexibility index (Phi) is 8.12. The van der Waals surface area contributed by atoms with Crippen LogP contribution in [0.5, 0.6) is 0 Å². The van der Waals surface area contributed by atoms with E-state index >= 15 is 0 Å². The Morgan fingerprint density at radius 3 is 1.50 bits per heavy atom. The predicted octanol–water partition coefficient (Wildman–Crippen LogP) is 14.5. The van der Waals surface area contributed by atoms with Gasteiger partial charge in [0, 0.05) is 22.1 Å². The van der Waals surface area contributed by atoms with Crippen molar-refractivity contribution in [3.05, 3.63) is 252 Å². The van der Waals surface area contributed by atoms with E-state index in [0.717, 1.165) is 73.2 Å². The topological polar surface area (TPSA) is 55.1 Å². The zero-order chi connectivity index (χ0) is 42.2. The highest BCUT2D eigenvalue weighted by Crippen LogP contribution is 2.61. The smallest absolute Gasteiger partial charge is 0.164 e. The molecule has 5 nitrogen and oxygen atoms in total. The standard InChI is InChI=1S/C59H38N4O/c1-3-17-38(18-4-1)40-23-15-24-43(35-40)57-60-56(39-19-5-2-6-20-39)61-58(62-57)44-33-34-45-54(37-44)64-53-32-16-31-52(55(45)53)63-50-29-13-11-27-48(50)59(49-28-12-14-30-51(49)63)46-25-9-7-21-41(46)36-42-22-8-10-26-47(42)59/h1-35,37H,36H2. The van der Waals surface area contributed by atoms with Crippen molar-refractivity contribution in [2.45, 2.75) is 11.8 Å². The molecular formula is C59H38N4O. The lowest BCUT2D eigenvalue weighted by Gasteiger charge is -2.49. The molecule has 0 fully saturated rings. The predicted molar refractivity (Wildman–Crippen MR) is 258 cm³/mol. The molecule has 11 aromatic rings. The summed E-state index contributed by atoms with van der Waals surface area (Å²) >= 11 is 0. The number of furan rings is 1. The van der Waals surface area contributed by atoms with Crippen LogP contribution in [0.2, 0.25) is 0 Å². The van der Waals surface area contributed by atoms with Gasteiger partial charge in [0.15, 0.2) is 17.5 Å². The fraction of sp³-hybridized carbons (Fsp3) is 0.0339. The monoisotopic (exact) mass is 818 g/mol. The van der Waals surface area contributed by atoms with Gasteiger partial charge in [-0.25, -0.2) is 15.0 Å². The number of nitrogens with zero attached hydrogens (tertiary/aromatic N) is 4. The minimum Gasteiger partial charge on any atom is -0.456 e. The summed E-state index contributed by atoms with van der Waals surface area (Å²) in [6, 6.07) is 77.7. The Morgan fingerprint density at radius 2 is 0.844 bits per heavy atom. The summed E-state index contributed by atoms with van der Waals surface area (Å²) in [6.07, 6.45) is 0.908. The number of fused-ring (bicyclic) bond motifs is 11. The van der Waals surface area contributed by atoms with E-state index in [2.05, 4.69) is 187 Å². The Labute approximate surface area is 370 Å². The van der Waals surface area contributed by atoms with Crippen molar-refractivity contribution in [1.29, 1.82) is 0 Å². The van der Waals surface area contributed by atoms with Crippen LogP contribution in [-0.2, 0) is 11.8 Å². The zero-order valence-corrected chi connectivity index (χ0v) is 34.7. The average molecular weight is 819 g/mol. The van der Waals surface area contributed by atoms with Gasteiger partial charge in [0.1, 0.15) is 11.2 Å². The molecule has 64 heavy (non-hydrogen) atoms. The molecule has 0 amide bonds. The maximum absolute atomic E-state index is 6.82. The molecule has 0 saturated carbocycles. The minimum absolute atomic E-state index is 0.499. The van der Waals surface area contributed by atoms with Crippen LogP contribution in [-0.4, -0.2) is 15.0 Å². The SMILES string of the molecule is c1ccc(-c2cccc(-c3nc(-c4ccccc4)nc(-c4ccc5c(c4)oc4cccc(N6c7ccccc7C7(c8ccccc8Cc8ccccc87)c7ccccc76)c45)n3)c2)cc1. The third kappa shape index (κ3) is 5.47. The highest BCUT2D eigenvalue weighted by Gasteiger charge is 2.49. The van der Waals surface area contributed by atoms with Crippen LogP contribution < -0.4 is 4.90 Å². The molecule has 1 aliphatic carbocycles. The zero-order valence-electron chi connectivity index (χ0n) is 34.7. The van der Waals surface area contributed by atoms with Crippen LogP contribution in [0, 0.1) is 0 Å². The molecule has 0 radical (unpaired) electrons. The molecule has 9 aromatic carbocycles. The molecule has 13 rings (SSSR count). The van der Waals surface area contributed by atoms with Crippen molar-refractivity contribution < 1.29 is 4.42 Å². The maximum Gasteiger partial charge on any atom is 0.164 e. The summed E-state index contributed by atoms with van der Waals surface area (Å²) in [4.78, 5) is 17.7. The third-order valence-electron chi connectivity index (χ3n) is 13.2. The first-order chi connectivity index (χ1) is 31.7. The van der Waals surface area contributed by atoms with Gasteiger partial charge in [0.25, 0.3) is 0 Å². The second-order valence-electron chi connectivity index (χ2n) is 16.7. The van der Waals surface area contributed by atoms with E-state index in [-0.39, 0.29) is 0 Å². The van der Waals surface area contributed by atoms with Crippen molar-refractivity contribution in [2.75, 3.05) is 4.90 Å². The first-order valence-electron chi connectivity index (χ1n) is 21.8. The van der Waals surface area contributed by atoms with Crippen molar-refractivity contribution in [3.8, 4) is 45.3 Å². The van der Waals surface area contributed by atoms with Crippen molar-refractivity contribution in [2.24, 2.45) is 0 Å². The van der Waals surface area contributed by atoms with Gasteiger partial charge in [-0.2, -0.15) is 0 Å². The summed E-state index contributed by atoms with van der Waals surface area (Å²) in [5.41, 5.74) is 17.3. The quantitative estimate of drug-likeness (QED) is 0.173. The van der Waals surface area contributed by atoms with Crippen LogP contribution >= 0.6 is 0 Å². The normalized spacial score (nSPS) is 13.3. The second kappa shape index (κ2) is 14.3. The average Bonchev–Trinajstić information content (AvgIpc) is 3.75. The summed E-state index contributed by atoms with van der Waals surface area (Å²) in [7, 11) is 0. The van der Waals surface area contributed by atoms with E-state index in [1.165, 1.54) is 33.4 Å². The van der Waals surface area contributed by atoms with Crippen molar-refractivity contribution >= 4 is 39.0 Å². The number of hydrogen-bond acceptors (Lipinski definition) is 5. The summed E-state index contributed by atoms with van der Waals surface area (Å²) in [5, 5.41) is 2.07. The Balaban J connectivity index is 0.984. The molecule has 3 heterocycles. The Morgan fingerprint density at radius 1 is 0.359 bits per heavy atom. The van der Waals surface area contributed by atoms with E-state index in [9.17, 15) is 0 Å². The molecule has 1 spiro atoms. The molecule has 1 aliphatic heterocycles. The lowest BCUT2D eigenvalue weighted by atomic mass is 9.58. The van der Waals surface area contributed by atoms with Gasteiger partial charge >= 0.3 is 0 Å². The lowest BCUT2D eigenvalue weighted by molar-refractivity contribution is 0.669. The molecule has 2 aliphatic rings. The van der Waals surface area contributed by atoms with Crippen molar-refractivity contribution in [3.63, 3.8) is 0 Å². The van der Waals surface area contributed by atoms with Gasteiger partial charge in [0.2, 0.25) is 0 Å². The van der Waals surface area contributed by atoms with E-state index in [0.29, 0.717) is 17.5 Å². The van der Waals surface area contributed by atoms with E-state index < -0.39 is 5.41 Å². The highest BCUT2D eigenvalue weighted by atomic mass is 16.3. The molecule has 300 valence electrons. The molecule has 0 bridgehead atoms. The largest absolute Gasteiger partial charge is 0.456 e. The Hall–Kier alpha value is -8.41. The lowest BCUT2D eigenvalue weighted by Crippen LogP contribution is -2.41. The van der Waals surface area contributed by atoms with Crippen LogP contribution in [0.25, 0.3) is 67.2 Å². The first-order valence-corrected chi connectivity index (χ1v) is 21.8. The van der Waals surface area contributed by atoms with Crippen LogP contribution in [0.15, 0.2) is 223 Å². The van der Waals surface area contributed by atoms with Gasteiger partial charge in [0.05, 0.1) is 27.9 Å². The number of rotatable bonds is 5. The molecule has 5 heteroatoms. The van der Waals surface area contributed by atoms with Crippen LogP contribution in [0.1, 0.15) is 33.4 Å². The second-order valence-corrected chi connectivity index (χ2v) is 16.7. The molecule has 2 aromatic heterocycles. The number of hydrogen-bond donors (Lipinski definition) is 0. The molecule has 0 N–H and O–H groups in total. The molecule has 0 unspecified atom stereocenters. The molecule has 0 atom stereocenters. The van der Waals surface area contributed by atoms with E-state index in [1.54, 1.807) is 0 Å². The van der Waals surface area contributed by atoms with Crippen LogP contribution in [0.4, 0.5) is 17.1 Å². The van der Waals surface area contributed by atoms with Gasteiger partial charge in [-0.15, -0.1) is 0 Å². The van der Waals surface area contributed by atoms with Crippen molar-refractivity contribution in [1.82, 2.24) is 15.0 Å². The van der Waals surface area contributed by atoms with Gasteiger partial charge in [-0.3, -0.25) is 0 Å². The van der Waals surface area contributed by atoms with Gasteiger partial charge < -0.3 is 9.32 Å². The number of anilines is 3. The number of benzene rings is 9. The van der Waals surface area contributed by atoms with Gasteiger partial charge in [-0.1, -0.05) is 176 Å². The van der Waals surface area contributed by atoms with Gasteiger partial charge in [-0.05, 0) is 93.4 Å². The highest BCUT2D eigenvalue weighted by molar-refractivity contribution is 6.14. The molecule has 0 saturated heterocycles. The minimum atomic E-state index is -0.499. The van der Waals surface area contributed by atoms with Crippen LogP contribution in [0.3, 0.4) is 0 Å². The fourth-order valence-corrected chi connectivity index (χ4v) is 10.5. The summed E-state index contributed by atoms with van der Waals surface area (Å²) < 4.78 is 6.82. The fourth-order valence-electron chi connectivity index (χ4n) is 10.5. The summed E-state index contributed by atoms with van der Waals surface area (Å²) in [5.74, 6) is 1.80. The number of para-hydroxylation sites is 2. The molecular weight excluding hydrogens is 781 g/mol. The van der Waals surface area contributed by atoms with E-state index in [4.69, 9.17) is 19.4 Å².